The summed E-state index contributed by atoms with van der Waals surface area (Å²) in [5, 5.41) is 0.211. The van der Waals surface area contributed by atoms with Crippen molar-refractivity contribution in [2.24, 2.45) is 0 Å². The molecule has 0 aliphatic carbocycles. The van der Waals surface area contributed by atoms with Crippen LogP contribution in [0.1, 0.15) is 53.4 Å². The topological polar surface area (TPSA) is 29.5 Å². The van der Waals surface area contributed by atoms with Crippen molar-refractivity contribution in [3.63, 3.8) is 0 Å². The number of likely N-dealkylation sites (tertiary alicyclic amines) is 1. The van der Waals surface area contributed by atoms with Crippen molar-refractivity contribution in [1.82, 2.24) is 4.90 Å². The van der Waals surface area contributed by atoms with Gasteiger partial charge < -0.3 is 9.33 Å². The first-order chi connectivity index (χ1) is 9.60. The molecule has 1 aliphatic rings. The first kappa shape index (κ1) is 18.4. The second-order valence-corrected chi connectivity index (χ2v) is 12.5. The van der Waals surface area contributed by atoms with Crippen LogP contribution in [-0.2, 0) is 9.22 Å². The monoisotopic (exact) mass is 311 g/mol. The molecule has 0 spiro atoms. The second kappa shape index (κ2) is 7.10. The van der Waals surface area contributed by atoms with Gasteiger partial charge in [0, 0.05) is 13.5 Å². The Bertz CT molecular complexity index is 373. The number of hydrogen-bond acceptors (Lipinski definition) is 2. The van der Waals surface area contributed by atoms with Gasteiger partial charge in [-0.25, -0.2) is 0 Å². The molecule has 0 saturated carbocycles. The van der Waals surface area contributed by atoms with Gasteiger partial charge in [-0.2, -0.15) is 0 Å². The molecule has 21 heavy (non-hydrogen) atoms. The van der Waals surface area contributed by atoms with Crippen molar-refractivity contribution in [1.29, 1.82) is 0 Å². The largest absolute Gasteiger partial charge is 0.412 e. The predicted molar refractivity (Wildman–Crippen MR) is 91.9 cm³/mol. The second-order valence-electron chi connectivity index (χ2n) is 7.70. The smallest absolute Gasteiger partial charge is 0.219 e. The third-order valence-corrected chi connectivity index (χ3v) is 9.55. The number of allylic oxidation sites excluding steroid dienone is 1. The third-order valence-electron chi connectivity index (χ3n) is 5.05. The van der Waals surface area contributed by atoms with E-state index in [9.17, 15) is 4.79 Å². The molecular formula is C17H33NO2Si. The van der Waals surface area contributed by atoms with Gasteiger partial charge in [-0.05, 0) is 43.8 Å². The van der Waals surface area contributed by atoms with Gasteiger partial charge in [0.15, 0.2) is 8.32 Å². The number of nitrogens with zero attached hydrogens (tertiary/aromatic N) is 1. The zero-order valence-corrected chi connectivity index (χ0v) is 15.7. The van der Waals surface area contributed by atoms with Crippen LogP contribution < -0.4 is 0 Å². The highest BCUT2D eigenvalue weighted by molar-refractivity contribution is 6.74. The van der Waals surface area contributed by atoms with Crippen molar-refractivity contribution in [2.45, 2.75) is 83.7 Å². The van der Waals surface area contributed by atoms with E-state index >= 15 is 0 Å². The summed E-state index contributed by atoms with van der Waals surface area (Å²) in [6, 6.07) is 0.247. The summed E-state index contributed by atoms with van der Waals surface area (Å²) in [7, 11) is -1.78. The summed E-state index contributed by atoms with van der Waals surface area (Å²) >= 11 is 0. The Hall–Kier alpha value is -0.613. The molecule has 1 amide bonds. The van der Waals surface area contributed by atoms with Crippen LogP contribution in [-0.4, -0.2) is 37.8 Å². The molecule has 0 radical (unpaired) electrons. The summed E-state index contributed by atoms with van der Waals surface area (Å²) < 4.78 is 6.61. The molecule has 1 fully saturated rings. The zero-order valence-electron chi connectivity index (χ0n) is 14.7. The standard InChI is InChI=1S/C17H33NO2Si/c1-8-9-10-11-15-16(12-13-18(15)14(2)19)20-21(6,7)17(3,4)5/h8,15-16H,1,9-13H2,2-7H3/t15-,16?/m0/s1. The Morgan fingerprint density at radius 3 is 2.52 bits per heavy atom. The van der Waals surface area contributed by atoms with Crippen LogP contribution in [0.2, 0.25) is 18.1 Å². The molecular weight excluding hydrogens is 278 g/mol. The summed E-state index contributed by atoms with van der Waals surface area (Å²) in [4.78, 5) is 13.9. The summed E-state index contributed by atoms with van der Waals surface area (Å²) in [5.74, 6) is 0.180. The fraction of sp³-hybridized carbons (Fsp3) is 0.824. The van der Waals surface area contributed by atoms with E-state index in [4.69, 9.17) is 4.43 Å². The maximum absolute atomic E-state index is 11.9. The van der Waals surface area contributed by atoms with Gasteiger partial charge in [-0.3, -0.25) is 4.79 Å². The average Bonchev–Trinajstić information content (AvgIpc) is 2.71. The number of carbonyl (C=O) groups excluding carboxylic acids is 1. The minimum Gasteiger partial charge on any atom is -0.412 e. The molecule has 0 aromatic carbocycles. The van der Waals surface area contributed by atoms with E-state index in [1.807, 2.05) is 11.0 Å². The first-order valence-corrected chi connectivity index (χ1v) is 11.1. The molecule has 1 heterocycles. The summed E-state index contributed by atoms with van der Waals surface area (Å²) in [6.07, 6.45) is 6.25. The lowest BCUT2D eigenvalue weighted by atomic mass is 10.0. The van der Waals surface area contributed by atoms with E-state index in [2.05, 4.69) is 40.4 Å². The average molecular weight is 312 g/mol. The lowest BCUT2D eigenvalue weighted by Gasteiger charge is -2.40. The molecule has 1 rings (SSSR count). The number of rotatable bonds is 6. The van der Waals surface area contributed by atoms with E-state index in [1.165, 1.54) is 0 Å². The molecule has 1 aliphatic heterocycles. The first-order valence-electron chi connectivity index (χ1n) is 8.16. The van der Waals surface area contributed by atoms with Gasteiger partial charge in [0.1, 0.15) is 0 Å². The summed E-state index contributed by atoms with van der Waals surface area (Å²) in [6.45, 7) is 17.7. The van der Waals surface area contributed by atoms with Gasteiger partial charge in [0.05, 0.1) is 12.1 Å². The Morgan fingerprint density at radius 1 is 1.43 bits per heavy atom. The molecule has 0 N–H and O–H groups in total. The number of hydrogen-bond donors (Lipinski definition) is 0. The van der Waals surface area contributed by atoms with Crippen LogP contribution in [0.15, 0.2) is 12.7 Å². The molecule has 0 aromatic heterocycles. The van der Waals surface area contributed by atoms with Crippen LogP contribution in [0.5, 0.6) is 0 Å². The highest BCUT2D eigenvalue weighted by Gasteiger charge is 2.44. The molecule has 3 nitrogen and oxygen atoms in total. The maximum Gasteiger partial charge on any atom is 0.219 e. The fourth-order valence-corrected chi connectivity index (χ4v) is 4.11. The van der Waals surface area contributed by atoms with E-state index in [1.54, 1.807) is 6.92 Å². The van der Waals surface area contributed by atoms with Gasteiger partial charge >= 0.3 is 0 Å². The van der Waals surface area contributed by atoms with Crippen molar-refractivity contribution in [3.05, 3.63) is 12.7 Å². The Morgan fingerprint density at radius 2 is 2.05 bits per heavy atom. The molecule has 0 bridgehead atoms. The van der Waals surface area contributed by atoms with Gasteiger partial charge in [-0.15, -0.1) is 6.58 Å². The van der Waals surface area contributed by atoms with Gasteiger partial charge in [-0.1, -0.05) is 26.8 Å². The highest BCUT2D eigenvalue weighted by Crippen LogP contribution is 2.39. The molecule has 122 valence electrons. The quantitative estimate of drug-likeness (QED) is 0.414. The van der Waals surface area contributed by atoms with Crippen LogP contribution in [0.3, 0.4) is 0 Å². The van der Waals surface area contributed by atoms with Crippen LogP contribution in [0.4, 0.5) is 0 Å². The molecule has 0 aromatic rings. The van der Waals surface area contributed by atoms with E-state index in [0.29, 0.717) is 0 Å². The maximum atomic E-state index is 11.9. The van der Waals surface area contributed by atoms with Crippen molar-refractivity contribution in [2.75, 3.05) is 6.54 Å². The summed E-state index contributed by atoms with van der Waals surface area (Å²) in [5.41, 5.74) is 0. The predicted octanol–water partition coefficient (Wildman–Crippen LogP) is 4.35. The molecule has 1 unspecified atom stereocenters. The van der Waals surface area contributed by atoms with Crippen molar-refractivity contribution >= 4 is 14.2 Å². The van der Waals surface area contributed by atoms with Gasteiger partial charge in [0.25, 0.3) is 0 Å². The minimum absolute atomic E-state index is 0.180. The number of carbonyl (C=O) groups is 1. The highest BCUT2D eigenvalue weighted by atomic mass is 28.4. The van der Waals surface area contributed by atoms with Crippen LogP contribution >= 0.6 is 0 Å². The fourth-order valence-electron chi connectivity index (χ4n) is 2.72. The normalized spacial score (nSPS) is 23.4. The Balaban J connectivity index is 2.79. The molecule has 2 atom stereocenters. The van der Waals surface area contributed by atoms with E-state index in [-0.39, 0.29) is 23.1 Å². The zero-order chi connectivity index (χ0) is 16.3. The number of amides is 1. The molecule has 1 saturated heterocycles. The van der Waals surface area contributed by atoms with E-state index < -0.39 is 8.32 Å². The van der Waals surface area contributed by atoms with Gasteiger partial charge in [0.2, 0.25) is 5.91 Å². The number of unbranched alkanes of at least 4 members (excludes halogenated alkanes) is 1. The van der Waals surface area contributed by atoms with Crippen molar-refractivity contribution in [3.8, 4) is 0 Å². The lowest BCUT2D eigenvalue weighted by molar-refractivity contribution is -0.130. The van der Waals surface area contributed by atoms with Crippen LogP contribution in [0.25, 0.3) is 0 Å². The third kappa shape index (κ3) is 4.68. The minimum atomic E-state index is -1.78. The van der Waals surface area contributed by atoms with E-state index in [0.717, 1.165) is 32.2 Å². The Labute approximate surface area is 131 Å². The molecule has 4 heteroatoms. The lowest BCUT2D eigenvalue weighted by Crippen LogP contribution is -2.48. The SMILES string of the molecule is C=CCCC[C@H]1C(O[Si](C)(C)C(C)(C)C)CCN1C(C)=O. The Kier molecular flexibility index (Phi) is 6.23. The van der Waals surface area contributed by atoms with Crippen molar-refractivity contribution < 1.29 is 9.22 Å². The van der Waals surface area contributed by atoms with Crippen LogP contribution in [0, 0.1) is 0 Å².